The quantitative estimate of drug-likeness (QED) is 0.276. The second-order valence-corrected chi connectivity index (χ2v) is 18.5. The summed E-state index contributed by atoms with van der Waals surface area (Å²) >= 11 is 0. The van der Waals surface area contributed by atoms with Crippen LogP contribution in [-0.2, 0) is 24.0 Å². The minimum atomic E-state index is -3.62. The number of carbonyl (C=O) groups excluding carboxylic acids is 1. The van der Waals surface area contributed by atoms with Crippen molar-refractivity contribution in [2.24, 2.45) is 0 Å². The lowest BCUT2D eigenvalue weighted by Gasteiger charge is -2.40. The van der Waals surface area contributed by atoms with Crippen molar-refractivity contribution < 1.29 is 26.8 Å². The van der Waals surface area contributed by atoms with Gasteiger partial charge in [-0.25, -0.2) is 22.8 Å². The molecule has 3 rings (SSSR count). The van der Waals surface area contributed by atoms with Crippen LogP contribution in [0.4, 0.5) is 10.3 Å². The maximum atomic E-state index is 13.7. The normalized spacial score (nSPS) is 19.0. The molecule has 0 amide bonds. The number of benzene rings is 1. The number of nitrogens with zero attached hydrogens (tertiary/aromatic N) is 2. The number of anilines is 1. The Morgan fingerprint density at radius 3 is 2.41 bits per heavy atom. The molecule has 1 aromatic heterocycles. The van der Waals surface area contributed by atoms with Gasteiger partial charge in [0.05, 0.1) is 29.7 Å². The van der Waals surface area contributed by atoms with E-state index in [2.05, 4.69) is 48.6 Å². The highest BCUT2D eigenvalue weighted by Crippen LogP contribution is 2.39. The van der Waals surface area contributed by atoms with Crippen LogP contribution in [0.3, 0.4) is 0 Å². The van der Waals surface area contributed by atoms with Crippen molar-refractivity contribution in [3.05, 3.63) is 47.4 Å². The number of ether oxygens (including phenoxy) is 1. The van der Waals surface area contributed by atoms with Crippen molar-refractivity contribution in [2.45, 2.75) is 90.6 Å². The molecule has 0 unspecified atom stereocenters. The van der Waals surface area contributed by atoms with Crippen LogP contribution in [0.15, 0.2) is 30.3 Å². The SMILES string of the molecule is CCS(=O)(=O)Nc1nc(-c2ccc(F)cc2)c(/C=C/[C@@H]2C[C@@H](O[Si](C)(C)C(C)(C)C)CC(=O)O2)c(C(C)C)n1. The van der Waals surface area contributed by atoms with E-state index < -0.39 is 30.3 Å². The Labute approximate surface area is 232 Å². The summed E-state index contributed by atoms with van der Waals surface area (Å²) in [5.41, 5.74) is 2.28. The van der Waals surface area contributed by atoms with Gasteiger partial charge >= 0.3 is 5.97 Å². The Bertz CT molecular complexity index is 1320. The van der Waals surface area contributed by atoms with Gasteiger partial charge in [0.1, 0.15) is 11.9 Å². The maximum absolute atomic E-state index is 13.7. The van der Waals surface area contributed by atoms with Gasteiger partial charge in [0.15, 0.2) is 8.32 Å². The predicted molar refractivity (Wildman–Crippen MR) is 155 cm³/mol. The lowest BCUT2D eigenvalue weighted by Crippen LogP contribution is -2.46. The summed E-state index contributed by atoms with van der Waals surface area (Å²) in [5.74, 6) is -0.999. The summed E-state index contributed by atoms with van der Waals surface area (Å²) in [6, 6.07) is 5.81. The van der Waals surface area contributed by atoms with E-state index in [1.54, 1.807) is 24.3 Å². The Morgan fingerprint density at radius 2 is 1.85 bits per heavy atom. The van der Waals surface area contributed by atoms with Gasteiger partial charge < -0.3 is 9.16 Å². The van der Waals surface area contributed by atoms with Crippen molar-refractivity contribution in [1.82, 2.24) is 9.97 Å². The van der Waals surface area contributed by atoms with Gasteiger partial charge in [-0.15, -0.1) is 0 Å². The average Bonchev–Trinajstić information content (AvgIpc) is 2.81. The number of hydrogen-bond donors (Lipinski definition) is 1. The first-order valence-electron chi connectivity index (χ1n) is 13.2. The molecule has 0 saturated carbocycles. The van der Waals surface area contributed by atoms with Crippen LogP contribution in [-0.4, -0.2) is 50.6 Å². The van der Waals surface area contributed by atoms with Gasteiger partial charge in [0, 0.05) is 17.5 Å². The lowest BCUT2D eigenvalue weighted by molar-refractivity contribution is -0.155. The van der Waals surface area contributed by atoms with E-state index in [0.717, 1.165) is 0 Å². The van der Waals surface area contributed by atoms with E-state index in [-0.39, 0.29) is 41.2 Å². The predicted octanol–water partition coefficient (Wildman–Crippen LogP) is 6.28. The third kappa shape index (κ3) is 7.95. The number of nitrogens with one attached hydrogen (secondary N) is 1. The van der Waals surface area contributed by atoms with E-state index in [1.165, 1.54) is 19.1 Å². The molecule has 11 heteroatoms. The minimum absolute atomic E-state index is 0.00822. The van der Waals surface area contributed by atoms with E-state index in [9.17, 15) is 17.6 Å². The molecule has 8 nitrogen and oxygen atoms in total. The topological polar surface area (TPSA) is 107 Å². The van der Waals surface area contributed by atoms with Crippen LogP contribution in [0, 0.1) is 5.82 Å². The van der Waals surface area contributed by atoms with Crippen molar-refractivity contribution in [3.63, 3.8) is 0 Å². The van der Waals surface area contributed by atoms with Gasteiger partial charge in [-0.2, -0.15) is 0 Å². The number of sulfonamides is 1. The number of cyclic esters (lactones) is 1. The fourth-order valence-corrected chi connectivity index (χ4v) is 5.85. The number of hydrogen-bond acceptors (Lipinski definition) is 7. The number of esters is 1. The van der Waals surface area contributed by atoms with Crippen LogP contribution in [0.2, 0.25) is 18.1 Å². The number of carbonyl (C=O) groups is 1. The van der Waals surface area contributed by atoms with Crippen LogP contribution < -0.4 is 4.72 Å². The van der Waals surface area contributed by atoms with Crippen molar-refractivity contribution >= 4 is 36.3 Å². The molecule has 1 N–H and O–H groups in total. The van der Waals surface area contributed by atoms with Crippen LogP contribution in [0.1, 0.15) is 71.6 Å². The molecule has 1 saturated heterocycles. The van der Waals surface area contributed by atoms with Gasteiger partial charge in [0.2, 0.25) is 16.0 Å². The van der Waals surface area contributed by atoms with Crippen molar-refractivity contribution in [2.75, 3.05) is 10.5 Å². The van der Waals surface area contributed by atoms with Crippen LogP contribution in [0.25, 0.3) is 17.3 Å². The molecule has 0 bridgehead atoms. The van der Waals surface area contributed by atoms with E-state index in [0.29, 0.717) is 28.9 Å². The molecule has 39 heavy (non-hydrogen) atoms. The minimum Gasteiger partial charge on any atom is -0.458 e. The molecule has 214 valence electrons. The van der Waals surface area contributed by atoms with E-state index in [1.807, 2.05) is 13.8 Å². The molecular weight excluding hydrogens is 537 g/mol. The second kappa shape index (κ2) is 11.9. The molecule has 0 radical (unpaired) electrons. The van der Waals surface area contributed by atoms with Gasteiger partial charge in [-0.3, -0.25) is 9.52 Å². The molecule has 1 aliphatic rings. The molecule has 0 spiro atoms. The highest BCUT2D eigenvalue weighted by Gasteiger charge is 2.41. The molecule has 0 aliphatic carbocycles. The van der Waals surface area contributed by atoms with Crippen LogP contribution >= 0.6 is 0 Å². The van der Waals surface area contributed by atoms with Gasteiger partial charge in [-0.1, -0.05) is 40.7 Å². The molecule has 2 heterocycles. The Morgan fingerprint density at radius 1 is 1.21 bits per heavy atom. The zero-order valence-corrected chi connectivity index (χ0v) is 25.9. The Hall–Kier alpha value is -2.63. The number of rotatable bonds is 9. The van der Waals surface area contributed by atoms with E-state index >= 15 is 0 Å². The average molecular weight is 578 g/mol. The lowest BCUT2D eigenvalue weighted by atomic mass is 9.97. The van der Waals surface area contributed by atoms with Crippen molar-refractivity contribution in [1.29, 1.82) is 0 Å². The monoisotopic (exact) mass is 577 g/mol. The standard InChI is InChI=1S/C28H40FN3O5SSi/c1-9-38(34,35)32-27-30-25(18(2)3)23(26(31-27)19-10-12-20(29)13-11-19)15-14-21-16-22(17-24(33)36-21)37-39(7,8)28(4,5)6/h10-15,18,21-22H,9,16-17H2,1-8H3,(H,30,31,32)/b15-14+/t21-,22-/m1/s1. The Kier molecular flexibility index (Phi) is 9.39. The smallest absolute Gasteiger partial charge is 0.308 e. The fourth-order valence-electron chi connectivity index (χ4n) is 3.97. The van der Waals surface area contributed by atoms with Crippen LogP contribution in [0.5, 0.6) is 0 Å². The highest BCUT2D eigenvalue weighted by molar-refractivity contribution is 7.92. The largest absolute Gasteiger partial charge is 0.458 e. The summed E-state index contributed by atoms with van der Waals surface area (Å²) in [6.45, 7) is 16.2. The first-order valence-corrected chi connectivity index (χ1v) is 17.8. The summed E-state index contributed by atoms with van der Waals surface area (Å²) < 4.78 is 52.8. The molecule has 2 atom stereocenters. The van der Waals surface area contributed by atoms with Gasteiger partial charge in [0.25, 0.3) is 0 Å². The maximum Gasteiger partial charge on any atom is 0.308 e. The molecule has 1 aromatic carbocycles. The first-order chi connectivity index (χ1) is 18.0. The summed E-state index contributed by atoms with van der Waals surface area (Å²) in [4.78, 5) is 21.5. The number of halogens is 1. The van der Waals surface area contributed by atoms with Gasteiger partial charge in [-0.05, 0) is 61.3 Å². The Balaban J connectivity index is 2.03. The van der Waals surface area contributed by atoms with Crippen molar-refractivity contribution in [3.8, 4) is 11.3 Å². The molecular formula is C28H40FN3O5SSi. The summed E-state index contributed by atoms with van der Waals surface area (Å²) in [6.07, 6.45) is 3.58. The zero-order chi connectivity index (χ0) is 29.2. The third-order valence-electron chi connectivity index (χ3n) is 7.18. The first kappa shape index (κ1) is 30.9. The third-order valence-corrected chi connectivity index (χ3v) is 13.0. The molecule has 2 aromatic rings. The summed E-state index contributed by atoms with van der Waals surface area (Å²) in [7, 11) is -5.71. The summed E-state index contributed by atoms with van der Waals surface area (Å²) in [5, 5.41) is 0.00822. The van der Waals surface area contributed by atoms with E-state index in [4.69, 9.17) is 9.16 Å². The fraction of sp³-hybridized carbons (Fsp3) is 0.536. The number of aromatic nitrogens is 2. The highest BCUT2D eigenvalue weighted by atomic mass is 32.2. The molecule has 1 fully saturated rings. The second-order valence-electron chi connectivity index (χ2n) is 11.7. The molecule has 1 aliphatic heterocycles. The zero-order valence-electron chi connectivity index (χ0n) is 24.0.